The number of aliphatic hydroxyl groups is 1. The minimum atomic E-state index is 0.156. The number of carbonyl (C=O) groups is 1. The van der Waals surface area contributed by atoms with Crippen LogP contribution < -0.4 is 4.90 Å². The summed E-state index contributed by atoms with van der Waals surface area (Å²) in [6.45, 7) is 3.06. The number of hydrogen-bond acceptors (Lipinski definition) is 2. The van der Waals surface area contributed by atoms with Crippen molar-refractivity contribution in [2.24, 2.45) is 0 Å². The minimum absolute atomic E-state index is 0.156. The van der Waals surface area contributed by atoms with Gasteiger partial charge in [0.15, 0.2) is 0 Å². The molecule has 1 aromatic carbocycles. The average Bonchev–Trinajstić information content (AvgIpc) is 2.41. The monoisotopic (exact) mass is 249 g/mol. The van der Waals surface area contributed by atoms with Crippen molar-refractivity contribution in [1.82, 2.24) is 0 Å². The number of unbranched alkanes of at least 4 members (excludes halogenated alkanes) is 2. The Kier molecular flexibility index (Phi) is 7.11. The molecule has 1 aromatic rings. The quantitative estimate of drug-likeness (QED) is 0.719. The van der Waals surface area contributed by atoms with Crippen LogP contribution >= 0.6 is 0 Å². The summed E-state index contributed by atoms with van der Waals surface area (Å²) in [5.74, 6) is 0.156. The first-order chi connectivity index (χ1) is 8.79. The lowest BCUT2D eigenvalue weighted by Crippen LogP contribution is -2.31. The SMILES string of the molecule is CCCCN(C(=O)CCCCO)c1ccccc1. The van der Waals surface area contributed by atoms with Gasteiger partial charge in [0.1, 0.15) is 0 Å². The lowest BCUT2D eigenvalue weighted by Gasteiger charge is -2.22. The normalized spacial score (nSPS) is 10.3. The summed E-state index contributed by atoms with van der Waals surface area (Å²) in [6, 6.07) is 9.81. The average molecular weight is 249 g/mol. The van der Waals surface area contributed by atoms with Crippen LogP contribution in [0.5, 0.6) is 0 Å². The number of para-hydroxylation sites is 1. The van der Waals surface area contributed by atoms with E-state index in [0.29, 0.717) is 12.8 Å². The Bertz CT molecular complexity index is 338. The number of aliphatic hydroxyl groups excluding tert-OH is 1. The van der Waals surface area contributed by atoms with Crippen LogP contribution in [0.1, 0.15) is 39.0 Å². The largest absolute Gasteiger partial charge is 0.396 e. The van der Waals surface area contributed by atoms with Crippen LogP contribution in [0.3, 0.4) is 0 Å². The molecule has 0 aromatic heterocycles. The predicted molar refractivity (Wildman–Crippen MR) is 74.6 cm³/mol. The molecule has 100 valence electrons. The molecular weight excluding hydrogens is 226 g/mol. The van der Waals surface area contributed by atoms with Crippen LogP contribution in [-0.2, 0) is 4.79 Å². The van der Waals surface area contributed by atoms with Gasteiger partial charge in [0.05, 0.1) is 0 Å². The Labute approximate surface area is 109 Å². The molecule has 1 N–H and O–H groups in total. The highest BCUT2D eigenvalue weighted by atomic mass is 16.3. The first-order valence-corrected chi connectivity index (χ1v) is 6.76. The summed E-state index contributed by atoms with van der Waals surface area (Å²) in [7, 11) is 0. The molecule has 0 saturated carbocycles. The van der Waals surface area contributed by atoms with Gasteiger partial charge in [-0.05, 0) is 31.4 Å². The Hall–Kier alpha value is -1.35. The second-order valence-electron chi connectivity index (χ2n) is 4.42. The maximum atomic E-state index is 12.2. The Balaban J connectivity index is 2.63. The van der Waals surface area contributed by atoms with E-state index in [1.165, 1.54) is 0 Å². The van der Waals surface area contributed by atoms with Gasteiger partial charge in [0, 0.05) is 25.3 Å². The standard InChI is InChI=1S/C15H23NO2/c1-2-3-12-16(14-9-5-4-6-10-14)15(18)11-7-8-13-17/h4-6,9-10,17H,2-3,7-8,11-13H2,1H3. The van der Waals surface area contributed by atoms with Gasteiger partial charge < -0.3 is 10.0 Å². The van der Waals surface area contributed by atoms with Crippen molar-refractivity contribution in [3.05, 3.63) is 30.3 Å². The first-order valence-electron chi connectivity index (χ1n) is 6.76. The molecule has 0 fully saturated rings. The summed E-state index contributed by atoms with van der Waals surface area (Å²) >= 11 is 0. The van der Waals surface area contributed by atoms with Crippen molar-refractivity contribution in [3.63, 3.8) is 0 Å². The van der Waals surface area contributed by atoms with Crippen LogP contribution in [0.2, 0.25) is 0 Å². The molecule has 0 aliphatic carbocycles. The third-order valence-electron chi connectivity index (χ3n) is 2.90. The van der Waals surface area contributed by atoms with Gasteiger partial charge in [-0.15, -0.1) is 0 Å². The highest BCUT2D eigenvalue weighted by Gasteiger charge is 2.14. The van der Waals surface area contributed by atoms with Gasteiger partial charge in [0.25, 0.3) is 0 Å². The number of amides is 1. The molecule has 18 heavy (non-hydrogen) atoms. The van der Waals surface area contributed by atoms with Crippen LogP contribution in [0.25, 0.3) is 0 Å². The van der Waals surface area contributed by atoms with Crippen molar-refractivity contribution >= 4 is 11.6 Å². The predicted octanol–water partition coefficient (Wildman–Crippen LogP) is 2.98. The zero-order valence-corrected chi connectivity index (χ0v) is 11.1. The highest BCUT2D eigenvalue weighted by Crippen LogP contribution is 2.16. The van der Waals surface area contributed by atoms with Crippen molar-refractivity contribution in [2.75, 3.05) is 18.1 Å². The summed E-state index contributed by atoms with van der Waals surface area (Å²) in [4.78, 5) is 14.0. The molecule has 1 rings (SSSR count). The van der Waals surface area contributed by atoms with Crippen molar-refractivity contribution < 1.29 is 9.90 Å². The second kappa shape index (κ2) is 8.70. The molecule has 0 spiro atoms. The Morgan fingerprint density at radius 3 is 2.50 bits per heavy atom. The van der Waals surface area contributed by atoms with Gasteiger partial charge in [-0.1, -0.05) is 31.5 Å². The molecule has 0 bridgehead atoms. The third-order valence-corrected chi connectivity index (χ3v) is 2.90. The van der Waals surface area contributed by atoms with E-state index in [9.17, 15) is 4.79 Å². The zero-order valence-electron chi connectivity index (χ0n) is 11.1. The van der Waals surface area contributed by atoms with E-state index in [2.05, 4.69) is 6.92 Å². The molecule has 0 heterocycles. The molecule has 0 unspecified atom stereocenters. The van der Waals surface area contributed by atoms with E-state index >= 15 is 0 Å². The molecule has 3 nitrogen and oxygen atoms in total. The lowest BCUT2D eigenvalue weighted by atomic mass is 10.2. The van der Waals surface area contributed by atoms with E-state index < -0.39 is 0 Å². The number of anilines is 1. The van der Waals surface area contributed by atoms with Gasteiger partial charge in [0.2, 0.25) is 5.91 Å². The molecule has 0 aliphatic rings. The second-order valence-corrected chi connectivity index (χ2v) is 4.42. The Morgan fingerprint density at radius 1 is 1.17 bits per heavy atom. The van der Waals surface area contributed by atoms with Crippen LogP contribution in [0.4, 0.5) is 5.69 Å². The number of rotatable bonds is 8. The fourth-order valence-corrected chi connectivity index (χ4v) is 1.84. The third kappa shape index (κ3) is 4.88. The summed E-state index contributed by atoms with van der Waals surface area (Å²) in [6.07, 6.45) is 4.06. The van der Waals surface area contributed by atoms with Gasteiger partial charge in [-0.3, -0.25) is 4.79 Å². The maximum absolute atomic E-state index is 12.2. The molecule has 0 radical (unpaired) electrons. The highest BCUT2D eigenvalue weighted by molar-refractivity contribution is 5.93. The van der Waals surface area contributed by atoms with Crippen LogP contribution in [0, 0.1) is 0 Å². The molecule has 3 heteroatoms. The van der Waals surface area contributed by atoms with Gasteiger partial charge >= 0.3 is 0 Å². The molecule has 0 atom stereocenters. The minimum Gasteiger partial charge on any atom is -0.396 e. The fourth-order valence-electron chi connectivity index (χ4n) is 1.84. The summed E-state index contributed by atoms with van der Waals surface area (Å²) < 4.78 is 0. The van der Waals surface area contributed by atoms with E-state index in [4.69, 9.17) is 5.11 Å². The first kappa shape index (κ1) is 14.7. The molecule has 0 aliphatic heterocycles. The molecular formula is C15H23NO2. The number of carbonyl (C=O) groups excluding carboxylic acids is 1. The number of hydrogen-bond donors (Lipinski definition) is 1. The van der Waals surface area contributed by atoms with Crippen LogP contribution in [-0.4, -0.2) is 24.2 Å². The maximum Gasteiger partial charge on any atom is 0.226 e. The molecule has 1 amide bonds. The van der Waals surface area contributed by atoms with Crippen LogP contribution in [0.15, 0.2) is 30.3 Å². The summed E-state index contributed by atoms with van der Waals surface area (Å²) in [5, 5.41) is 8.75. The van der Waals surface area contributed by atoms with Crippen molar-refractivity contribution in [3.8, 4) is 0 Å². The van der Waals surface area contributed by atoms with Crippen molar-refractivity contribution in [1.29, 1.82) is 0 Å². The zero-order chi connectivity index (χ0) is 13.2. The van der Waals surface area contributed by atoms with Crippen molar-refractivity contribution in [2.45, 2.75) is 39.0 Å². The van der Waals surface area contributed by atoms with E-state index in [0.717, 1.165) is 31.5 Å². The Morgan fingerprint density at radius 2 is 1.89 bits per heavy atom. The van der Waals surface area contributed by atoms with Gasteiger partial charge in [-0.25, -0.2) is 0 Å². The van der Waals surface area contributed by atoms with E-state index in [-0.39, 0.29) is 12.5 Å². The van der Waals surface area contributed by atoms with E-state index in [1.807, 2.05) is 35.2 Å². The lowest BCUT2D eigenvalue weighted by molar-refractivity contribution is -0.118. The fraction of sp³-hybridized carbons (Fsp3) is 0.533. The smallest absolute Gasteiger partial charge is 0.226 e. The summed E-state index contributed by atoms with van der Waals surface area (Å²) in [5.41, 5.74) is 0.972. The topological polar surface area (TPSA) is 40.5 Å². The van der Waals surface area contributed by atoms with Gasteiger partial charge in [-0.2, -0.15) is 0 Å². The number of benzene rings is 1. The van der Waals surface area contributed by atoms with E-state index in [1.54, 1.807) is 0 Å². The number of nitrogens with zero attached hydrogens (tertiary/aromatic N) is 1. The molecule has 0 saturated heterocycles.